The molecular weight excluding hydrogens is 290 g/mol. The molecule has 3 rings (SSSR count). The van der Waals surface area contributed by atoms with Crippen LogP contribution in [0, 0.1) is 10.1 Å². The molecule has 0 saturated heterocycles. The van der Waals surface area contributed by atoms with Crippen molar-refractivity contribution in [2.24, 2.45) is 0 Å². The number of allylic oxidation sites excluding steroid dienone is 1. The van der Waals surface area contributed by atoms with Crippen LogP contribution in [0.15, 0.2) is 72.8 Å². The first-order valence-electron chi connectivity index (χ1n) is 7.10. The average molecular weight is 303 g/mol. The lowest BCUT2D eigenvalue weighted by molar-refractivity contribution is -0.384. The highest BCUT2D eigenvalue weighted by Gasteiger charge is 2.09. The van der Waals surface area contributed by atoms with E-state index in [0.29, 0.717) is 5.56 Å². The molecule has 0 saturated carbocycles. The molecule has 0 atom stereocenters. The molecular formula is C19H13NO3. The summed E-state index contributed by atoms with van der Waals surface area (Å²) in [7, 11) is 0. The third-order valence-corrected chi connectivity index (χ3v) is 3.58. The Morgan fingerprint density at radius 1 is 0.957 bits per heavy atom. The Bertz CT molecular complexity index is 923. The minimum atomic E-state index is -0.509. The van der Waals surface area contributed by atoms with Gasteiger partial charge in [0.15, 0.2) is 5.78 Å². The molecule has 112 valence electrons. The summed E-state index contributed by atoms with van der Waals surface area (Å²) < 4.78 is 0. The van der Waals surface area contributed by atoms with Crippen LogP contribution in [0.5, 0.6) is 0 Å². The topological polar surface area (TPSA) is 60.2 Å². The van der Waals surface area contributed by atoms with E-state index >= 15 is 0 Å². The van der Waals surface area contributed by atoms with Crippen LogP contribution < -0.4 is 0 Å². The summed E-state index contributed by atoms with van der Waals surface area (Å²) >= 11 is 0. The Hall–Kier alpha value is -3.27. The lowest BCUT2D eigenvalue weighted by Gasteiger charge is -2.01. The molecule has 3 aromatic rings. The lowest BCUT2D eigenvalue weighted by atomic mass is 10.0. The monoisotopic (exact) mass is 303 g/mol. The van der Waals surface area contributed by atoms with E-state index in [1.54, 1.807) is 12.1 Å². The molecule has 4 nitrogen and oxygen atoms in total. The van der Waals surface area contributed by atoms with E-state index in [4.69, 9.17) is 0 Å². The quantitative estimate of drug-likeness (QED) is 0.305. The first-order chi connectivity index (χ1) is 11.1. The molecule has 0 aromatic heterocycles. The maximum Gasteiger partial charge on any atom is 0.270 e. The highest BCUT2D eigenvalue weighted by Crippen LogP contribution is 2.20. The molecule has 3 aromatic carbocycles. The first kappa shape index (κ1) is 14.7. The maximum absolute atomic E-state index is 12.2. The Morgan fingerprint density at radius 3 is 2.52 bits per heavy atom. The number of rotatable bonds is 4. The summed E-state index contributed by atoms with van der Waals surface area (Å²) in [6, 6.07) is 19.5. The SMILES string of the molecule is O=C(/C=C\c1cccc2ccccc12)c1cccc([N+](=O)[O-])c1. The van der Waals surface area contributed by atoms with Crippen LogP contribution in [0.2, 0.25) is 0 Å². The van der Waals surface area contributed by atoms with Crippen molar-refractivity contribution in [3.05, 3.63) is 94.0 Å². The van der Waals surface area contributed by atoms with Crippen molar-refractivity contribution in [3.8, 4) is 0 Å². The van der Waals surface area contributed by atoms with Gasteiger partial charge in [-0.3, -0.25) is 14.9 Å². The normalized spacial score (nSPS) is 11.0. The predicted molar refractivity (Wildman–Crippen MR) is 90.4 cm³/mol. The number of nitro groups is 1. The van der Waals surface area contributed by atoms with Gasteiger partial charge in [-0.15, -0.1) is 0 Å². The first-order valence-corrected chi connectivity index (χ1v) is 7.10. The highest BCUT2D eigenvalue weighted by atomic mass is 16.6. The second-order valence-electron chi connectivity index (χ2n) is 5.07. The van der Waals surface area contributed by atoms with Gasteiger partial charge in [0.2, 0.25) is 0 Å². The van der Waals surface area contributed by atoms with Crippen LogP contribution in [0.4, 0.5) is 5.69 Å². The van der Waals surface area contributed by atoms with Crippen molar-refractivity contribution >= 4 is 28.3 Å². The number of fused-ring (bicyclic) bond motifs is 1. The van der Waals surface area contributed by atoms with Crippen LogP contribution >= 0.6 is 0 Å². The molecule has 0 bridgehead atoms. The van der Waals surface area contributed by atoms with Crippen molar-refractivity contribution in [3.63, 3.8) is 0 Å². The fraction of sp³-hybridized carbons (Fsp3) is 0. The van der Waals surface area contributed by atoms with Crippen molar-refractivity contribution in [1.29, 1.82) is 0 Å². The van der Waals surface area contributed by atoms with Crippen molar-refractivity contribution < 1.29 is 9.72 Å². The minimum Gasteiger partial charge on any atom is -0.289 e. The van der Waals surface area contributed by atoms with Gasteiger partial charge >= 0.3 is 0 Å². The Morgan fingerprint density at radius 2 is 1.70 bits per heavy atom. The van der Waals surface area contributed by atoms with Gasteiger partial charge < -0.3 is 0 Å². The van der Waals surface area contributed by atoms with E-state index in [1.807, 2.05) is 42.5 Å². The second kappa shape index (κ2) is 6.23. The summed E-state index contributed by atoms with van der Waals surface area (Å²) in [5.41, 5.74) is 1.15. The Kier molecular flexibility index (Phi) is 3.97. The number of ketones is 1. The number of nitrogens with zero attached hydrogens (tertiary/aromatic N) is 1. The maximum atomic E-state index is 12.2. The Balaban J connectivity index is 1.91. The van der Waals surface area contributed by atoms with Gasteiger partial charge in [-0.1, -0.05) is 60.7 Å². The molecule has 0 fully saturated rings. The number of carbonyl (C=O) groups is 1. The molecule has 0 unspecified atom stereocenters. The smallest absolute Gasteiger partial charge is 0.270 e. The summed E-state index contributed by atoms with van der Waals surface area (Å²) in [4.78, 5) is 22.5. The molecule has 0 aliphatic heterocycles. The summed E-state index contributed by atoms with van der Waals surface area (Å²) in [5.74, 6) is -0.262. The third kappa shape index (κ3) is 3.16. The summed E-state index contributed by atoms with van der Waals surface area (Å²) in [6.45, 7) is 0. The van der Waals surface area contributed by atoms with Gasteiger partial charge in [0.05, 0.1) is 4.92 Å². The van der Waals surface area contributed by atoms with Crippen LogP contribution in [0.1, 0.15) is 15.9 Å². The average Bonchev–Trinajstić information content (AvgIpc) is 2.59. The van der Waals surface area contributed by atoms with Crippen LogP contribution in [-0.4, -0.2) is 10.7 Å². The molecule has 0 radical (unpaired) electrons. The van der Waals surface area contributed by atoms with Crippen LogP contribution in [0.3, 0.4) is 0 Å². The van der Waals surface area contributed by atoms with Crippen molar-refractivity contribution in [2.45, 2.75) is 0 Å². The molecule has 0 heterocycles. The van der Waals surface area contributed by atoms with Crippen molar-refractivity contribution in [2.75, 3.05) is 0 Å². The van der Waals surface area contributed by atoms with Crippen molar-refractivity contribution in [1.82, 2.24) is 0 Å². The number of nitro benzene ring substituents is 1. The molecule has 4 heteroatoms. The molecule has 0 aliphatic carbocycles. The minimum absolute atomic E-state index is 0.0885. The zero-order valence-electron chi connectivity index (χ0n) is 12.2. The summed E-state index contributed by atoms with van der Waals surface area (Å²) in [5, 5.41) is 12.9. The van der Waals surface area contributed by atoms with Gasteiger partial charge in [-0.25, -0.2) is 0 Å². The fourth-order valence-electron chi connectivity index (χ4n) is 2.43. The molecule has 0 amide bonds. The number of hydrogen-bond acceptors (Lipinski definition) is 3. The van der Waals surface area contributed by atoms with Gasteiger partial charge in [-0.05, 0) is 22.4 Å². The Labute approximate surface area is 132 Å². The lowest BCUT2D eigenvalue weighted by Crippen LogP contribution is -1.96. The van der Waals surface area contributed by atoms with Crippen LogP contribution in [0.25, 0.3) is 16.8 Å². The third-order valence-electron chi connectivity index (χ3n) is 3.58. The molecule has 0 spiro atoms. The van der Waals surface area contributed by atoms with E-state index in [1.165, 1.54) is 24.3 Å². The zero-order chi connectivity index (χ0) is 16.2. The van der Waals surface area contributed by atoms with Gasteiger partial charge in [-0.2, -0.15) is 0 Å². The van der Waals surface area contributed by atoms with Gasteiger partial charge in [0.25, 0.3) is 5.69 Å². The molecule has 0 N–H and O–H groups in total. The highest BCUT2D eigenvalue weighted by molar-refractivity contribution is 6.08. The van der Waals surface area contributed by atoms with E-state index in [-0.39, 0.29) is 11.5 Å². The predicted octanol–water partition coefficient (Wildman–Crippen LogP) is 4.64. The fourth-order valence-corrected chi connectivity index (χ4v) is 2.43. The zero-order valence-corrected chi connectivity index (χ0v) is 12.2. The number of carbonyl (C=O) groups excluding carboxylic acids is 1. The van der Waals surface area contributed by atoms with E-state index in [0.717, 1.165) is 16.3 Å². The second-order valence-corrected chi connectivity index (χ2v) is 5.07. The number of non-ortho nitro benzene ring substituents is 1. The largest absolute Gasteiger partial charge is 0.289 e. The molecule has 0 aliphatic rings. The van der Waals surface area contributed by atoms with E-state index in [9.17, 15) is 14.9 Å². The van der Waals surface area contributed by atoms with E-state index < -0.39 is 4.92 Å². The van der Waals surface area contributed by atoms with Gasteiger partial charge in [0, 0.05) is 17.7 Å². The van der Waals surface area contributed by atoms with Crippen LogP contribution in [-0.2, 0) is 0 Å². The number of hydrogen-bond donors (Lipinski definition) is 0. The number of benzene rings is 3. The molecule has 23 heavy (non-hydrogen) atoms. The van der Waals surface area contributed by atoms with E-state index in [2.05, 4.69) is 0 Å². The van der Waals surface area contributed by atoms with Gasteiger partial charge in [0.1, 0.15) is 0 Å². The standard InChI is InChI=1S/C19H13NO3/c21-19(16-8-4-9-17(13-16)20(22)23)12-11-15-7-3-6-14-5-1-2-10-18(14)15/h1-13H/b12-11-. The summed E-state index contributed by atoms with van der Waals surface area (Å²) in [6.07, 6.45) is 3.18.